The third-order valence-electron chi connectivity index (χ3n) is 9.37. The molecule has 3 amide bonds. The molecule has 0 bridgehead atoms. The summed E-state index contributed by atoms with van der Waals surface area (Å²) in [5.74, 6) is 0.555. The molecule has 51 heavy (non-hydrogen) atoms. The molecule has 2 aliphatic rings. The maximum Gasteiger partial charge on any atom is 0.410 e. The third-order valence-corrected chi connectivity index (χ3v) is 11.1. The summed E-state index contributed by atoms with van der Waals surface area (Å²) in [6, 6.07) is 7.33. The van der Waals surface area contributed by atoms with Gasteiger partial charge in [0.15, 0.2) is 11.5 Å². The fraction of sp³-hybridized carbons (Fsp3) is 0.556. The fourth-order valence-corrected chi connectivity index (χ4v) is 7.36. The minimum absolute atomic E-state index is 0.123. The first-order valence-corrected chi connectivity index (χ1v) is 21.5. The molecule has 0 unspecified atom stereocenters. The molecule has 0 radical (unpaired) electrons. The number of benzene rings is 1. The standard InChI is InChI=1S/C36H50FN9O4Si/c1-24(2)30-21-42(20-26-10-9-14-43(26)35(48)50-36(3,4)5)34(47)46(30)31-13-15-44-33(41-31)28(19-39-44)25-11-12-27(29(37)18-25)32-38-22-40-45(32)23-49-16-17-51(6,7)8/h11-13,15,18-19,22,24,26,30H,9-10,14,16-17,20-21,23H2,1-8H3/t26-,30-/m1/s1. The second-order valence-corrected chi connectivity index (χ2v) is 21.7. The van der Waals surface area contributed by atoms with Crippen LogP contribution in [0.3, 0.4) is 0 Å². The summed E-state index contributed by atoms with van der Waals surface area (Å²) < 4.78 is 30.4. The van der Waals surface area contributed by atoms with Crippen molar-refractivity contribution in [3.8, 4) is 22.5 Å². The first-order valence-electron chi connectivity index (χ1n) is 17.8. The van der Waals surface area contributed by atoms with Crippen LogP contribution >= 0.6 is 0 Å². The average molecular weight is 720 g/mol. The second kappa shape index (κ2) is 14.3. The van der Waals surface area contributed by atoms with Crippen LogP contribution in [0.5, 0.6) is 0 Å². The molecule has 0 N–H and O–H groups in total. The Labute approximate surface area is 299 Å². The predicted octanol–water partition coefficient (Wildman–Crippen LogP) is 6.77. The minimum atomic E-state index is -1.24. The first kappa shape index (κ1) is 36.4. The highest BCUT2D eigenvalue weighted by Gasteiger charge is 2.43. The summed E-state index contributed by atoms with van der Waals surface area (Å²) in [4.78, 5) is 41.6. The number of urea groups is 1. The Kier molecular flexibility index (Phi) is 10.2. The van der Waals surface area contributed by atoms with E-state index in [-0.39, 0.29) is 36.9 Å². The molecule has 2 fully saturated rings. The molecule has 274 valence electrons. The van der Waals surface area contributed by atoms with Crippen molar-refractivity contribution in [1.82, 2.24) is 39.2 Å². The lowest BCUT2D eigenvalue weighted by molar-refractivity contribution is 0.0208. The van der Waals surface area contributed by atoms with Crippen LogP contribution in [0.2, 0.25) is 25.7 Å². The van der Waals surface area contributed by atoms with Crippen molar-refractivity contribution in [3.63, 3.8) is 0 Å². The summed E-state index contributed by atoms with van der Waals surface area (Å²) in [6.45, 7) is 19.0. The molecule has 15 heteroatoms. The zero-order valence-corrected chi connectivity index (χ0v) is 32.0. The molecular formula is C36H50FN9O4Si. The molecule has 4 aromatic rings. The number of likely N-dealkylation sites (tertiary alicyclic amines) is 1. The molecule has 6 rings (SSSR count). The Morgan fingerprint density at radius 3 is 2.61 bits per heavy atom. The molecule has 13 nitrogen and oxygen atoms in total. The van der Waals surface area contributed by atoms with Crippen LogP contribution in [0.4, 0.5) is 19.8 Å². The van der Waals surface area contributed by atoms with Crippen molar-refractivity contribution in [2.45, 2.75) is 97.6 Å². The number of hydrogen-bond acceptors (Lipinski definition) is 8. The van der Waals surface area contributed by atoms with E-state index >= 15 is 4.39 Å². The van der Waals surface area contributed by atoms with Crippen LogP contribution < -0.4 is 4.90 Å². The molecule has 0 saturated carbocycles. The van der Waals surface area contributed by atoms with E-state index in [0.717, 1.165) is 18.9 Å². The van der Waals surface area contributed by atoms with Crippen molar-refractivity contribution in [3.05, 3.63) is 48.8 Å². The fourth-order valence-electron chi connectivity index (χ4n) is 6.61. The highest BCUT2D eigenvalue weighted by molar-refractivity contribution is 6.76. The topological polar surface area (TPSA) is 123 Å². The Bertz CT molecular complexity index is 1880. The van der Waals surface area contributed by atoms with Gasteiger partial charge in [0.05, 0.1) is 23.8 Å². The quantitative estimate of drug-likeness (QED) is 0.123. The number of amides is 3. The number of rotatable bonds is 11. The molecule has 2 saturated heterocycles. The van der Waals surface area contributed by atoms with Gasteiger partial charge in [-0.1, -0.05) is 39.6 Å². The number of carbonyl (C=O) groups excluding carboxylic acids is 2. The lowest BCUT2D eigenvalue weighted by Crippen LogP contribution is -2.46. The zero-order chi connectivity index (χ0) is 36.7. The number of ether oxygens (including phenoxy) is 2. The molecular weight excluding hydrogens is 670 g/mol. The van der Waals surface area contributed by atoms with Crippen LogP contribution in [0, 0.1) is 11.7 Å². The van der Waals surface area contributed by atoms with Gasteiger partial charge in [-0.2, -0.15) is 10.2 Å². The predicted molar refractivity (Wildman–Crippen MR) is 196 cm³/mol. The SMILES string of the molecule is CC(C)[C@H]1CN(C[C@H]2CCCN2C(=O)OC(C)(C)C)C(=O)N1c1ccn2ncc(-c3ccc(-c4ncnn4COCC[Si](C)(C)C)c(F)c3)c2n1. The summed E-state index contributed by atoms with van der Waals surface area (Å²) in [5, 5.41) is 8.73. The van der Waals surface area contributed by atoms with Gasteiger partial charge in [-0.3, -0.25) is 4.90 Å². The highest BCUT2D eigenvalue weighted by atomic mass is 28.3. The van der Waals surface area contributed by atoms with Crippen LogP contribution in [-0.4, -0.2) is 103 Å². The van der Waals surface area contributed by atoms with Gasteiger partial charge in [-0.15, -0.1) is 0 Å². The largest absolute Gasteiger partial charge is 0.444 e. The summed E-state index contributed by atoms with van der Waals surface area (Å²) >= 11 is 0. The molecule has 2 aliphatic heterocycles. The van der Waals surface area contributed by atoms with Gasteiger partial charge in [0.1, 0.15) is 30.3 Å². The zero-order valence-electron chi connectivity index (χ0n) is 31.0. The van der Waals surface area contributed by atoms with Gasteiger partial charge in [-0.25, -0.2) is 33.1 Å². The number of hydrogen-bond donors (Lipinski definition) is 0. The van der Waals surface area contributed by atoms with Gasteiger partial charge in [-0.05, 0) is 69.3 Å². The van der Waals surface area contributed by atoms with E-state index in [1.54, 1.807) is 43.5 Å². The maximum absolute atomic E-state index is 15.8. The Hall–Kier alpha value is -4.37. The average Bonchev–Trinajstić information content (AvgIpc) is 3.85. The van der Waals surface area contributed by atoms with Crippen LogP contribution in [0.15, 0.2) is 43.0 Å². The van der Waals surface area contributed by atoms with Gasteiger partial charge < -0.3 is 19.3 Å². The smallest absolute Gasteiger partial charge is 0.410 e. The van der Waals surface area contributed by atoms with E-state index < -0.39 is 19.5 Å². The van der Waals surface area contributed by atoms with E-state index in [1.807, 2.05) is 31.7 Å². The summed E-state index contributed by atoms with van der Waals surface area (Å²) in [6.07, 6.45) is 6.14. The van der Waals surface area contributed by atoms with Crippen LogP contribution in [-0.2, 0) is 16.2 Å². The van der Waals surface area contributed by atoms with Gasteiger partial charge in [0.2, 0.25) is 0 Å². The second-order valence-electron chi connectivity index (χ2n) is 16.1. The number of carbonyl (C=O) groups is 2. The summed E-state index contributed by atoms with van der Waals surface area (Å²) in [7, 11) is -1.24. The molecule has 0 spiro atoms. The lowest BCUT2D eigenvalue weighted by atomic mass is 10.0. The van der Waals surface area contributed by atoms with E-state index in [9.17, 15) is 9.59 Å². The van der Waals surface area contributed by atoms with Crippen molar-refractivity contribution in [2.24, 2.45) is 5.92 Å². The van der Waals surface area contributed by atoms with Crippen LogP contribution in [0.1, 0.15) is 47.5 Å². The molecule has 0 aliphatic carbocycles. The number of anilines is 1. The molecule has 5 heterocycles. The normalized spacial score (nSPS) is 18.5. The van der Waals surface area contributed by atoms with Crippen molar-refractivity contribution < 1.29 is 23.5 Å². The van der Waals surface area contributed by atoms with Gasteiger partial charge >= 0.3 is 12.1 Å². The lowest BCUT2D eigenvalue weighted by Gasteiger charge is -2.30. The number of halogens is 1. The van der Waals surface area contributed by atoms with Crippen LogP contribution in [0.25, 0.3) is 28.2 Å². The van der Waals surface area contributed by atoms with E-state index in [0.29, 0.717) is 60.2 Å². The minimum Gasteiger partial charge on any atom is -0.444 e. The number of aromatic nitrogens is 6. The first-order chi connectivity index (χ1) is 24.1. The van der Waals surface area contributed by atoms with Gasteiger partial charge in [0, 0.05) is 46.1 Å². The van der Waals surface area contributed by atoms with E-state index in [1.165, 1.54) is 12.4 Å². The molecule has 2 atom stereocenters. The highest BCUT2D eigenvalue weighted by Crippen LogP contribution is 2.33. The Balaban J connectivity index is 1.22. The maximum atomic E-state index is 15.8. The monoisotopic (exact) mass is 719 g/mol. The van der Waals surface area contributed by atoms with Gasteiger partial charge in [0.25, 0.3) is 0 Å². The Morgan fingerprint density at radius 2 is 1.90 bits per heavy atom. The number of nitrogens with zero attached hydrogens (tertiary/aromatic N) is 9. The van der Waals surface area contributed by atoms with Crippen molar-refractivity contribution in [1.29, 1.82) is 0 Å². The van der Waals surface area contributed by atoms with Crippen molar-refractivity contribution >= 4 is 31.7 Å². The number of fused-ring (bicyclic) bond motifs is 1. The third kappa shape index (κ3) is 8.09. The van der Waals surface area contributed by atoms with E-state index in [2.05, 4.69) is 48.7 Å². The Morgan fingerprint density at radius 1 is 1.12 bits per heavy atom. The summed E-state index contributed by atoms with van der Waals surface area (Å²) in [5.41, 5.74) is 1.43. The molecule has 1 aromatic carbocycles. The van der Waals surface area contributed by atoms with E-state index in [4.69, 9.17) is 14.5 Å². The molecule has 3 aromatic heterocycles. The van der Waals surface area contributed by atoms with Crippen molar-refractivity contribution in [2.75, 3.05) is 31.1 Å².